The van der Waals surface area contributed by atoms with Gasteiger partial charge in [-0.15, -0.1) is 0 Å². The molecule has 35 heavy (non-hydrogen) atoms. The highest BCUT2D eigenvalue weighted by Gasteiger charge is 2.37. The highest BCUT2D eigenvalue weighted by molar-refractivity contribution is 5.91. The van der Waals surface area contributed by atoms with Gasteiger partial charge in [-0.1, -0.05) is 64.1 Å². The van der Waals surface area contributed by atoms with Gasteiger partial charge in [-0.3, -0.25) is 9.59 Å². The van der Waals surface area contributed by atoms with E-state index in [0.717, 1.165) is 24.0 Å². The number of hydrogen-bond acceptors (Lipinski definition) is 4. The Morgan fingerprint density at radius 3 is 2.57 bits per heavy atom. The fraction of sp³-hybridized carbons (Fsp3) is 0.379. The first-order valence-corrected chi connectivity index (χ1v) is 12.3. The van der Waals surface area contributed by atoms with Gasteiger partial charge in [0.15, 0.2) is 5.76 Å². The van der Waals surface area contributed by atoms with E-state index in [1.54, 1.807) is 12.1 Å². The molecule has 2 amide bonds. The standard InChI is InChI=1S/C29H34N2O4/c1-5-16-30-27(32)25-14-13-23(35-25)19-34-22-12-11-20-15-17-31(28(33)29(2,3)4)26(24(20)18-22)21-9-7-6-8-10-21/h6-14,18,26H,5,15-17,19H2,1-4H3,(H,30,32)/t26-/m0/s1. The minimum absolute atomic E-state index is 0.132. The van der Waals surface area contributed by atoms with Crippen molar-refractivity contribution in [3.05, 3.63) is 88.9 Å². The maximum atomic E-state index is 13.4. The minimum atomic E-state index is -0.473. The quantitative estimate of drug-likeness (QED) is 0.490. The molecule has 4 rings (SSSR count). The number of benzene rings is 2. The number of amides is 2. The lowest BCUT2D eigenvalue weighted by molar-refractivity contribution is -0.141. The summed E-state index contributed by atoms with van der Waals surface area (Å²) in [5, 5.41) is 2.81. The van der Waals surface area contributed by atoms with Gasteiger partial charge in [-0.25, -0.2) is 0 Å². The molecular weight excluding hydrogens is 440 g/mol. The van der Waals surface area contributed by atoms with Crippen molar-refractivity contribution in [1.82, 2.24) is 10.2 Å². The first-order chi connectivity index (χ1) is 16.8. The van der Waals surface area contributed by atoms with Crippen molar-refractivity contribution < 1.29 is 18.7 Å². The average molecular weight is 475 g/mol. The van der Waals surface area contributed by atoms with Crippen molar-refractivity contribution >= 4 is 11.8 Å². The van der Waals surface area contributed by atoms with Crippen LogP contribution in [-0.4, -0.2) is 29.8 Å². The molecule has 6 heteroatoms. The molecule has 1 aliphatic heterocycles. The van der Waals surface area contributed by atoms with Gasteiger partial charge in [0, 0.05) is 18.5 Å². The molecule has 2 aromatic carbocycles. The van der Waals surface area contributed by atoms with Crippen LogP contribution in [0, 0.1) is 5.41 Å². The summed E-state index contributed by atoms with van der Waals surface area (Å²) >= 11 is 0. The Bertz CT molecular complexity index is 1180. The number of ether oxygens (including phenoxy) is 1. The monoisotopic (exact) mass is 474 g/mol. The summed E-state index contributed by atoms with van der Waals surface area (Å²) in [6.45, 7) is 9.39. The van der Waals surface area contributed by atoms with Crippen LogP contribution in [-0.2, 0) is 17.8 Å². The van der Waals surface area contributed by atoms with Gasteiger partial charge in [-0.2, -0.15) is 0 Å². The van der Waals surface area contributed by atoms with Gasteiger partial charge in [0.1, 0.15) is 18.1 Å². The fourth-order valence-electron chi connectivity index (χ4n) is 4.38. The number of nitrogens with one attached hydrogen (secondary N) is 1. The number of hydrogen-bond donors (Lipinski definition) is 1. The minimum Gasteiger partial charge on any atom is -0.486 e. The van der Waals surface area contributed by atoms with Crippen LogP contribution in [0.4, 0.5) is 0 Å². The second kappa shape index (κ2) is 10.4. The third-order valence-corrected chi connectivity index (χ3v) is 6.17. The van der Waals surface area contributed by atoms with Crippen LogP contribution in [0.25, 0.3) is 0 Å². The van der Waals surface area contributed by atoms with Crippen molar-refractivity contribution in [2.45, 2.75) is 53.2 Å². The van der Waals surface area contributed by atoms with E-state index in [2.05, 4.69) is 23.5 Å². The lowest BCUT2D eigenvalue weighted by Gasteiger charge is -2.41. The molecule has 0 spiro atoms. The van der Waals surface area contributed by atoms with E-state index in [9.17, 15) is 9.59 Å². The molecule has 1 atom stereocenters. The maximum Gasteiger partial charge on any atom is 0.286 e. The summed E-state index contributed by atoms with van der Waals surface area (Å²) in [5.74, 6) is 1.47. The van der Waals surface area contributed by atoms with E-state index in [4.69, 9.17) is 9.15 Å². The molecule has 1 N–H and O–H groups in total. The van der Waals surface area contributed by atoms with Crippen molar-refractivity contribution in [3.8, 4) is 5.75 Å². The predicted molar refractivity (Wildman–Crippen MR) is 135 cm³/mol. The zero-order chi connectivity index (χ0) is 25.0. The van der Waals surface area contributed by atoms with E-state index in [1.165, 1.54) is 5.56 Å². The Labute approximate surface area is 207 Å². The number of furan rings is 1. The van der Waals surface area contributed by atoms with Crippen LogP contribution in [0.3, 0.4) is 0 Å². The highest BCUT2D eigenvalue weighted by atomic mass is 16.5. The molecular formula is C29H34N2O4. The molecule has 1 aromatic heterocycles. The zero-order valence-corrected chi connectivity index (χ0v) is 21.0. The van der Waals surface area contributed by atoms with Gasteiger partial charge in [-0.05, 0) is 53.8 Å². The summed E-state index contributed by atoms with van der Waals surface area (Å²) in [7, 11) is 0. The molecule has 0 aliphatic carbocycles. The smallest absolute Gasteiger partial charge is 0.286 e. The Morgan fingerprint density at radius 1 is 1.09 bits per heavy atom. The number of rotatable bonds is 7. The second-order valence-corrected chi connectivity index (χ2v) is 9.98. The zero-order valence-electron chi connectivity index (χ0n) is 21.0. The number of carbonyl (C=O) groups is 2. The van der Waals surface area contributed by atoms with Crippen LogP contribution in [0.15, 0.2) is 65.1 Å². The van der Waals surface area contributed by atoms with E-state index in [1.807, 2.05) is 62.9 Å². The lowest BCUT2D eigenvalue weighted by Crippen LogP contribution is -2.45. The van der Waals surface area contributed by atoms with Crippen molar-refractivity contribution in [2.75, 3.05) is 13.1 Å². The number of nitrogens with zero attached hydrogens (tertiary/aromatic N) is 1. The number of fused-ring (bicyclic) bond motifs is 1. The third kappa shape index (κ3) is 5.59. The summed E-state index contributed by atoms with van der Waals surface area (Å²) in [6, 6.07) is 19.5. The largest absolute Gasteiger partial charge is 0.486 e. The van der Waals surface area contributed by atoms with Crippen LogP contribution in [0.5, 0.6) is 5.75 Å². The molecule has 0 saturated carbocycles. The van der Waals surface area contributed by atoms with Crippen molar-refractivity contribution in [1.29, 1.82) is 0 Å². The van der Waals surface area contributed by atoms with Crippen LogP contribution >= 0.6 is 0 Å². The van der Waals surface area contributed by atoms with Crippen LogP contribution in [0.1, 0.15) is 73.2 Å². The molecule has 1 aliphatic rings. The maximum absolute atomic E-state index is 13.4. The van der Waals surface area contributed by atoms with Crippen molar-refractivity contribution in [3.63, 3.8) is 0 Å². The Kier molecular flexibility index (Phi) is 7.29. The molecule has 0 saturated heterocycles. The molecule has 3 aromatic rings. The normalized spacial score (nSPS) is 15.4. The lowest BCUT2D eigenvalue weighted by atomic mass is 9.85. The molecule has 0 bridgehead atoms. The highest BCUT2D eigenvalue weighted by Crippen LogP contribution is 2.39. The molecule has 2 heterocycles. The summed E-state index contributed by atoms with van der Waals surface area (Å²) in [4.78, 5) is 27.5. The Balaban J connectivity index is 1.57. The summed E-state index contributed by atoms with van der Waals surface area (Å²) in [5.41, 5.74) is 2.91. The molecule has 0 fully saturated rings. The summed E-state index contributed by atoms with van der Waals surface area (Å²) < 4.78 is 11.7. The van der Waals surface area contributed by atoms with Gasteiger partial charge in [0.2, 0.25) is 5.91 Å². The molecule has 184 valence electrons. The van der Waals surface area contributed by atoms with Crippen LogP contribution < -0.4 is 10.1 Å². The Hall–Kier alpha value is -3.54. The first-order valence-electron chi connectivity index (χ1n) is 12.3. The van der Waals surface area contributed by atoms with E-state index < -0.39 is 5.41 Å². The molecule has 0 radical (unpaired) electrons. The van der Waals surface area contributed by atoms with E-state index in [-0.39, 0.29) is 30.2 Å². The van der Waals surface area contributed by atoms with Gasteiger partial charge in [0.05, 0.1) is 6.04 Å². The summed E-state index contributed by atoms with van der Waals surface area (Å²) in [6.07, 6.45) is 1.67. The van der Waals surface area contributed by atoms with E-state index in [0.29, 0.717) is 24.6 Å². The predicted octanol–water partition coefficient (Wildman–Crippen LogP) is 5.52. The Morgan fingerprint density at radius 2 is 1.86 bits per heavy atom. The van der Waals surface area contributed by atoms with Gasteiger partial charge >= 0.3 is 0 Å². The van der Waals surface area contributed by atoms with Crippen molar-refractivity contribution in [2.24, 2.45) is 5.41 Å². The number of carbonyl (C=O) groups excluding carboxylic acids is 2. The molecule has 6 nitrogen and oxygen atoms in total. The van der Waals surface area contributed by atoms with E-state index >= 15 is 0 Å². The fourth-order valence-corrected chi connectivity index (χ4v) is 4.38. The first kappa shape index (κ1) is 24.6. The van der Waals surface area contributed by atoms with Crippen LogP contribution in [0.2, 0.25) is 0 Å². The molecule has 0 unspecified atom stereocenters. The average Bonchev–Trinajstić information content (AvgIpc) is 3.34. The topological polar surface area (TPSA) is 71.8 Å². The third-order valence-electron chi connectivity index (χ3n) is 6.17. The van der Waals surface area contributed by atoms with Gasteiger partial charge in [0.25, 0.3) is 5.91 Å². The second-order valence-electron chi connectivity index (χ2n) is 9.98. The van der Waals surface area contributed by atoms with Gasteiger partial charge < -0.3 is 19.4 Å². The SMILES string of the molecule is CCCNC(=O)c1ccc(COc2ccc3c(c2)[C@H](c2ccccc2)N(C(=O)C(C)(C)C)CC3)o1.